The predicted molar refractivity (Wildman–Crippen MR) is 106 cm³/mol. The van der Waals surface area contributed by atoms with Crippen molar-refractivity contribution in [2.75, 3.05) is 21.9 Å². The van der Waals surface area contributed by atoms with Gasteiger partial charge in [-0.05, 0) is 55.7 Å². The van der Waals surface area contributed by atoms with Crippen molar-refractivity contribution in [2.24, 2.45) is 0 Å². The van der Waals surface area contributed by atoms with Gasteiger partial charge in [0.05, 0.1) is 27.2 Å². The predicted octanol–water partition coefficient (Wildman–Crippen LogP) is 4.48. The number of hydrogen-bond acceptors (Lipinski definition) is 3. The minimum Gasteiger partial charge on any atom is -0.321 e. The van der Waals surface area contributed by atoms with Gasteiger partial charge in [-0.2, -0.15) is 0 Å². The van der Waals surface area contributed by atoms with E-state index in [1.165, 1.54) is 4.31 Å². The van der Waals surface area contributed by atoms with Crippen molar-refractivity contribution in [1.29, 1.82) is 0 Å². The summed E-state index contributed by atoms with van der Waals surface area (Å²) >= 11 is 12.1. The molecule has 0 spiro atoms. The molecule has 0 saturated carbocycles. The molecular formula is C18H18Cl2N2O3S. The fourth-order valence-corrected chi connectivity index (χ4v) is 4.98. The minimum absolute atomic E-state index is 0.155. The zero-order valence-corrected chi connectivity index (χ0v) is 16.5. The van der Waals surface area contributed by atoms with E-state index in [-0.39, 0.29) is 16.7 Å². The monoisotopic (exact) mass is 412 g/mol. The largest absolute Gasteiger partial charge is 0.321 e. The third-order valence-corrected chi connectivity index (χ3v) is 6.95. The van der Waals surface area contributed by atoms with E-state index in [1.54, 1.807) is 43.3 Å². The van der Waals surface area contributed by atoms with Crippen LogP contribution in [0.3, 0.4) is 0 Å². The molecule has 0 radical (unpaired) electrons. The van der Waals surface area contributed by atoms with Crippen molar-refractivity contribution in [3.63, 3.8) is 0 Å². The lowest BCUT2D eigenvalue weighted by atomic mass is 10.1. The zero-order chi connectivity index (χ0) is 18.9. The number of nitrogens with zero attached hydrogens (tertiary/aromatic N) is 1. The molecule has 1 aliphatic rings. The molecule has 1 aliphatic heterocycles. The molecule has 1 fully saturated rings. The van der Waals surface area contributed by atoms with Crippen LogP contribution in [0.5, 0.6) is 0 Å². The molecule has 0 atom stereocenters. The van der Waals surface area contributed by atoms with E-state index in [1.807, 2.05) is 0 Å². The fourth-order valence-electron chi connectivity index (χ4n) is 2.93. The fraction of sp³-hybridized carbons (Fsp3) is 0.278. The second-order valence-corrected chi connectivity index (χ2v) is 8.95. The Kier molecular flexibility index (Phi) is 5.46. The molecule has 0 bridgehead atoms. The molecule has 2 aromatic carbocycles. The lowest BCUT2D eigenvalue weighted by Crippen LogP contribution is -2.38. The normalized spacial score (nSPS) is 16.3. The molecule has 138 valence electrons. The van der Waals surface area contributed by atoms with Gasteiger partial charge in [0.2, 0.25) is 10.0 Å². The van der Waals surface area contributed by atoms with Gasteiger partial charge < -0.3 is 5.32 Å². The molecule has 1 saturated heterocycles. The van der Waals surface area contributed by atoms with Crippen molar-refractivity contribution in [3.05, 3.63) is 57.6 Å². The first kappa shape index (κ1) is 19.0. The Balaban J connectivity index is 1.85. The van der Waals surface area contributed by atoms with Crippen LogP contribution >= 0.6 is 23.2 Å². The number of anilines is 2. The number of carbonyl (C=O) groups is 1. The van der Waals surface area contributed by atoms with E-state index >= 15 is 0 Å². The summed E-state index contributed by atoms with van der Waals surface area (Å²) < 4.78 is 26.0. The van der Waals surface area contributed by atoms with Crippen LogP contribution in [0.4, 0.5) is 11.4 Å². The highest BCUT2D eigenvalue weighted by Gasteiger charge is 2.27. The molecule has 1 N–H and O–H groups in total. The maximum Gasteiger partial charge on any atom is 0.255 e. The first-order chi connectivity index (χ1) is 12.3. The number of amides is 1. The lowest BCUT2D eigenvalue weighted by Gasteiger charge is -2.29. The standard InChI is InChI=1S/C18H18Cl2N2O3S/c1-12-11-13(18(23)21-15-6-4-5-14(19)17(15)20)7-8-16(12)22-9-2-3-10-26(22,24)25/h4-8,11H,2-3,9-10H2,1H3,(H,21,23). The number of benzene rings is 2. The summed E-state index contributed by atoms with van der Waals surface area (Å²) in [5, 5.41) is 3.35. The molecule has 5 nitrogen and oxygen atoms in total. The van der Waals surface area contributed by atoms with Crippen LogP contribution in [0.15, 0.2) is 36.4 Å². The van der Waals surface area contributed by atoms with Crippen LogP contribution in [-0.4, -0.2) is 26.6 Å². The van der Waals surface area contributed by atoms with Crippen molar-refractivity contribution in [1.82, 2.24) is 0 Å². The van der Waals surface area contributed by atoms with E-state index in [0.717, 1.165) is 12.0 Å². The highest BCUT2D eigenvalue weighted by atomic mass is 35.5. The zero-order valence-electron chi connectivity index (χ0n) is 14.1. The quantitative estimate of drug-likeness (QED) is 0.807. The van der Waals surface area contributed by atoms with Crippen LogP contribution in [0.1, 0.15) is 28.8 Å². The Hall–Kier alpha value is -1.76. The number of rotatable bonds is 3. The molecular weight excluding hydrogens is 395 g/mol. The Morgan fingerprint density at radius 3 is 2.62 bits per heavy atom. The van der Waals surface area contributed by atoms with E-state index in [9.17, 15) is 13.2 Å². The first-order valence-corrected chi connectivity index (χ1v) is 10.5. The Bertz CT molecular complexity index is 961. The Morgan fingerprint density at radius 2 is 1.92 bits per heavy atom. The van der Waals surface area contributed by atoms with Gasteiger partial charge in [0, 0.05) is 12.1 Å². The second kappa shape index (κ2) is 7.47. The highest BCUT2D eigenvalue weighted by Crippen LogP contribution is 2.31. The van der Waals surface area contributed by atoms with Gasteiger partial charge in [-0.1, -0.05) is 29.3 Å². The van der Waals surface area contributed by atoms with Crippen molar-refractivity contribution >= 4 is 50.5 Å². The van der Waals surface area contributed by atoms with Gasteiger partial charge in [-0.25, -0.2) is 8.42 Å². The van der Waals surface area contributed by atoms with Crippen LogP contribution in [0.2, 0.25) is 10.0 Å². The van der Waals surface area contributed by atoms with Gasteiger partial charge in [-0.3, -0.25) is 9.10 Å². The van der Waals surface area contributed by atoms with E-state index in [0.29, 0.717) is 34.9 Å². The lowest BCUT2D eigenvalue weighted by molar-refractivity contribution is 0.102. The molecule has 1 amide bonds. The number of halogens is 2. The van der Waals surface area contributed by atoms with Crippen LogP contribution in [0.25, 0.3) is 0 Å². The Morgan fingerprint density at radius 1 is 1.15 bits per heavy atom. The van der Waals surface area contributed by atoms with Crippen LogP contribution < -0.4 is 9.62 Å². The van der Waals surface area contributed by atoms with Gasteiger partial charge in [0.25, 0.3) is 5.91 Å². The van der Waals surface area contributed by atoms with Gasteiger partial charge in [-0.15, -0.1) is 0 Å². The molecule has 0 aliphatic carbocycles. The molecule has 1 heterocycles. The average Bonchev–Trinajstić information content (AvgIpc) is 2.59. The van der Waals surface area contributed by atoms with Crippen LogP contribution in [0, 0.1) is 6.92 Å². The minimum atomic E-state index is -3.29. The summed E-state index contributed by atoms with van der Waals surface area (Å²) in [5.74, 6) is -0.188. The topological polar surface area (TPSA) is 66.5 Å². The van der Waals surface area contributed by atoms with Gasteiger partial charge >= 0.3 is 0 Å². The summed E-state index contributed by atoms with van der Waals surface area (Å²) in [5.41, 5.74) is 2.17. The third-order valence-electron chi connectivity index (χ3n) is 4.28. The summed E-state index contributed by atoms with van der Waals surface area (Å²) in [4.78, 5) is 12.5. The average molecular weight is 413 g/mol. The maximum absolute atomic E-state index is 12.5. The second-order valence-electron chi connectivity index (χ2n) is 6.15. The van der Waals surface area contributed by atoms with Gasteiger partial charge in [0.15, 0.2) is 0 Å². The van der Waals surface area contributed by atoms with E-state index in [2.05, 4.69) is 5.32 Å². The summed E-state index contributed by atoms with van der Waals surface area (Å²) in [6.45, 7) is 2.26. The summed E-state index contributed by atoms with van der Waals surface area (Å²) in [7, 11) is -3.29. The van der Waals surface area contributed by atoms with Crippen molar-refractivity contribution in [3.8, 4) is 0 Å². The summed E-state index contributed by atoms with van der Waals surface area (Å²) in [6, 6.07) is 9.95. The number of hydrogen-bond donors (Lipinski definition) is 1. The molecule has 8 heteroatoms. The molecule has 0 aromatic heterocycles. The van der Waals surface area contributed by atoms with Crippen molar-refractivity contribution in [2.45, 2.75) is 19.8 Å². The number of nitrogens with one attached hydrogen (secondary N) is 1. The van der Waals surface area contributed by atoms with Crippen molar-refractivity contribution < 1.29 is 13.2 Å². The maximum atomic E-state index is 12.5. The number of sulfonamides is 1. The smallest absolute Gasteiger partial charge is 0.255 e. The molecule has 26 heavy (non-hydrogen) atoms. The molecule has 3 rings (SSSR count). The number of aryl methyl sites for hydroxylation is 1. The number of carbonyl (C=O) groups excluding carboxylic acids is 1. The Labute approximate surface area is 163 Å². The van der Waals surface area contributed by atoms with E-state index < -0.39 is 10.0 Å². The first-order valence-electron chi connectivity index (χ1n) is 8.16. The molecule has 2 aromatic rings. The SMILES string of the molecule is Cc1cc(C(=O)Nc2cccc(Cl)c2Cl)ccc1N1CCCCS1(=O)=O. The van der Waals surface area contributed by atoms with E-state index in [4.69, 9.17) is 23.2 Å². The third kappa shape index (κ3) is 3.82. The van der Waals surface area contributed by atoms with Gasteiger partial charge in [0.1, 0.15) is 0 Å². The van der Waals surface area contributed by atoms with Crippen LogP contribution in [-0.2, 0) is 10.0 Å². The summed E-state index contributed by atoms with van der Waals surface area (Å²) in [6.07, 6.45) is 1.51. The highest BCUT2D eigenvalue weighted by molar-refractivity contribution is 7.92. The molecule has 0 unspecified atom stereocenters.